The van der Waals surface area contributed by atoms with Crippen LogP contribution in [0.1, 0.15) is 28.3 Å². The third-order valence-electron chi connectivity index (χ3n) is 3.41. The van der Waals surface area contributed by atoms with E-state index < -0.39 is 0 Å². The zero-order chi connectivity index (χ0) is 14.0. The molecule has 1 atom stereocenters. The number of aryl methyl sites for hydroxylation is 2. The average Bonchev–Trinajstić information content (AvgIpc) is 2.38. The Kier molecular flexibility index (Phi) is 4.38. The molecule has 0 aromatic heterocycles. The smallest absolute Gasteiger partial charge is 0.142 e. The van der Waals surface area contributed by atoms with Gasteiger partial charge in [-0.1, -0.05) is 30.3 Å². The van der Waals surface area contributed by atoms with Gasteiger partial charge >= 0.3 is 0 Å². The van der Waals surface area contributed by atoms with Gasteiger partial charge in [0.1, 0.15) is 5.82 Å². The summed E-state index contributed by atoms with van der Waals surface area (Å²) < 4.78 is 14.8. The lowest BCUT2D eigenvalue weighted by Gasteiger charge is -2.22. The molecule has 0 aliphatic heterocycles. The Morgan fingerprint density at radius 1 is 1.05 bits per heavy atom. The lowest BCUT2D eigenvalue weighted by atomic mass is 9.91. The van der Waals surface area contributed by atoms with Crippen LogP contribution in [-0.4, -0.2) is 7.05 Å². The maximum atomic E-state index is 14.3. The number of nitrogens with one attached hydrogen (secondary N) is 1. The summed E-state index contributed by atoms with van der Waals surface area (Å²) >= 11 is 3.25. The minimum absolute atomic E-state index is 0.140. The maximum absolute atomic E-state index is 14.3. The molecule has 0 aliphatic carbocycles. The molecule has 19 heavy (non-hydrogen) atoms. The van der Waals surface area contributed by atoms with E-state index in [0.29, 0.717) is 10.0 Å². The number of benzene rings is 2. The first-order valence-electron chi connectivity index (χ1n) is 6.23. The second-order valence-corrected chi connectivity index (χ2v) is 5.52. The predicted molar refractivity (Wildman–Crippen MR) is 80.9 cm³/mol. The highest BCUT2D eigenvalue weighted by Crippen LogP contribution is 2.31. The quantitative estimate of drug-likeness (QED) is 0.876. The van der Waals surface area contributed by atoms with Crippen LogP contribution in [-0.2, 0) is 0 Å². The fraction of sp³-hybridized carbons (Fsp3) is 0.250. The van der Waals surface area contributed by atoms with E-state index in [1.54, 1.807) is 6.07 Å². The van der Waals surface area contributed by atoms with E-state index in [9.17, 15) is 4.39 Å². The molecule has 1 nitrogen and oxygen atoms in total. The van der Waals surface area contributed by atoms with Crippen molar-refractivity contribution < 1.29 is 4.39 Å². The van der Waals surface area contributed by atoms with Crippen molar-refractivity contribution in [2.24, 2.45) is 0 Å². The van der Waals surface area contributed by atoms with Gasteiger partial charge in [0.05, 0.1) is 10.5 Å². The fourth-order valence-electron chi connectivity index (χ4n) is 2.48. The van der Waals surface area contributed by atoms with Gasteiger partial charge in [0.2, 0.25) is 0 Å². The minimum atomic E-state index is -0.204. The Balaban J connectivity index is 2.60. The first-order chi connectivity index (χ1) is 9.06. The van der Waals surface area contributed by atoms with E-state index in [0.717, 1.165) is 5.56 Å². The van der Waals surface area contributed by atoms with Gasteiger partial charge in [0.25, 0.3) is 0 Å². The Hall–Kier alpha value is -1.19. The Morgan fingerprint density at radius 3 is 2.21 bits per heavy atom. The summed E-state index contributed by atoms with van der Waals surface area (Å²) in [5, 5.41) is 3.22. The van der Waals surface area contributed by atoms with E-state index in [1.165, 1.54) is 11.1 Å². The highest BCUT2D eigenvalue weighted by atomic mass is 79.9. The van der Waals surface area contributed by atoms with Gasteiger partial charge in [-0.15, -0.1) is 0 Å². The van der Waals surface area contributed by atoms with Gasteiger partial charge in [-0.05, 0) is 59.6 Å². The predicted octanol–water partition coefficient (Wildman–Crippen LogP) is 4.51. The minimum Gasteiger partial charge on any atom is -0.309 e. The molecule has 0 saturated heterocycles. The van der Waals surface area contributed by atoms with Crippen LogP contribution in [0, 0.1) is 19.7 Å². The average molecular weight is 322 g/mol. The van der Waals surface area contributed by atoms with Crippen LogP contribution >= 0.6 is 15.9 Å². The molecule has 0 spiro atoms. The summed E-state index contributed by atoms with van der Waals surface area (Å²) in [6, 6.07) is 11.4. The van der Waals surface area contributed by atoms with Gasteiger partial charge in [-0.25, -0.2) is 4.39 Å². The molecule has 0 bridgehead atoms. The van der Waals surface area contributed by atoms with Crippen LogP contribution < -0.4 is 5.32 Å². The molecule has 3 heteroatoms. The Morgan fingerprint density at radius 2 is 1.63 bits per heavy atom. The fourth-order valence-corrected chi connectivity index (χ4v) is 2.86. The second-order valence-electron chi connectivity index (χ2n) is 4.67. The van der Waals surface area contributed by atoms with Gasteiger partial charge in [-0.2, -0.15) is 0 Å². The first kappa shape index (κ1) is 14.2. The van der Waals surface area contributed by atoms with Crippen LogP contribution in [0.3, 0.4) is 0 Å². The summed E-state index contributed by atoms with van der Waals surface area (Å²) in [6.45, 7) is 4.12. The van der Waals surface area contributed by atoms with Gasteiger partial charge in [0.15, 0.2) is 0 Å². The topological polar surface area (TPSA) is 12.0 Å². The molecule has 0 aliphatic rings. The van der Waals surface area contributed by atoms with Crippen molar-refractivity contribution >= 4 is 15.9 Å². The van der Waals surface area contributed by atoms with Crippen molar-refractivity contribution in [1.29, 1.82) is 0 Å². The van der Waals surface area contributed by atoms with Crippen LogP contribution in [0.25, 0.3) is 0 Å². The number of halogens is 2. The van der Waals surface area contributed by atoms with Gasteiger partial charge in [-0.3, -0.25) is 0 Å². The van der Waals surface area contributed by atoms with E-state index in [4.69, 9.17) is 0 Å². The lowest BCUT2D eigenvalue weighted by Crippen LogP contribution is -2.21. The van der Waals surface area contributed by atoms with E-state index >= 15 is 0 Å². The number of rotatable bonds is 3. The number of hydrogen-bond acceptors (Lipinski definition) is 1. The van der Waals surface area contributed by atoms with Crippen molar-refractivity contribution in [3.8, 4) is 0 Å². The van der Waals surface area contributed by atoms with Crippen molar-refractivity contribution in [3.63, 3.8) is 0 Å². The van der Waals surface area contributed by atoms with Crippen LogP contribution in [0.5, 0.6) is 0 Å². The third-order valence-corrected chi connectivity index (χ3v) is 4.02. The van der Waals surface area contributed by atoms with Gasteiger partial charge < -0.3 is 5.32 Å². The van der Waals surface area contributed by atoms with E-state index in [1.807, 2.05) is 25.2 Å². The monoisotopic (exact) mass is 321 g/mol. The SMILES string of the molecule is CNC(c1cccc(Br)c1F)c1c(C)cccc1C. The molecule has 0 saturated carbocycles. The molecule has 100 valence electrons. The van der Waals surface area contributed by atoms with Crippen molar-refractivity contribution in [1.82, 2.24) is 5.32 Å². The molecular formula is C16H17BrFN. The maximum Gasteiger partial charge on any atom is 0.142 e. The zero-order valence-corrected chi connectivity index (χ0v) is 12.9. The lowest BCUT2D eigenvalue weighted by molar-refractivity contribution is 0.569. The highest BCUT2D eigenvalue weighted by Gasteiger charge is 2.20. The molecule has 2 aromatic rings. The molecule has 2 rings (SSSR count). The standard InChI is InChI=1S/C16H17BrFN/c1-10-6-4-7-11(2)14(10)16(19-3)12-8-5-9-13(17)15(12)18/h4-9,16,19H,1-3H3. The Bertz CT molecular complexity index is 575. The second kappa shape index (κ2) is 5.85. The van der Waals surface area contributed by atoms with Crippen LogP contribution in [0.15, 0.2) is 40.9 Å². The molecule has 1 unspecified atom stereocenters. The summed E-state index contributed by atoms with van der Waals surface area (Å²) in [7, 11) is 1.86. The summed E-state index contributed by atoms with van der Waals surface area (Å²) in [5.74, 6) is -0.204. The molecule has 2 aromatic carbocycles. The third kappa shape index (κ3) is 2.72. The Labute approximate surface area is 122 Å². The molecule has 0 heterocycles. The molecule has 0 fully saturated rings. The molecule has 0 radical (unpaired) electrons. The number of hydrogen-bond donors (Lipinski definition) is 1. The molecule has 1 N–H and O–H groups in total. The zero-order valence-electron chi connectivity index (χ0n) is 11.3. The summed E-state index contributed by atoms with van der Waals surface area (Å²) in [4.78, 5) is 0. The first-order valence-corrected chi connectivity index (χ1v) is 7.03. The molecular weight excluding hydrogens is 305 g/mol. The van der Waals surface area contributed by atoms with Crippen molar-refractivity contribution in [3.05, 3.63) is 68.9 Å². The molecule has 0 amide bonds. The highest BCUT2D eigenvalue weighted by molar-refractivity contribution is 9.10. The van der Waals surface area contributed by atoms with Crippen molar-refractivity contribution in [2.75, 3.05) is 7.05 Å². The summed E-state index contributed by atoms with van der Waals surface area (Å²) in [5.41, 5.74) is 4.13. The van der Waals surface area contributed by atoms with E-state index in [-0.39, 0.29) is 11.9 Å². The van der Waals surface area contributed by atoms with Crippen LogP contribution in [0.4, 0.5) is 4.39 Å². The van der Waals surface area contributed by atoms with E-state index in [2.05, 4.69) is 47.2 Å². The van der Waals surface area contributed by atoms with Gasteiger partial charge in [0, 0.05) is 5.56 Å². The largest absolute Gasteiger partial charge is 0.309 e. The normalized spacial score (nSPS) is 12.5. The van der Waals surface area contributed by atoms with Crippen LogP contribution in [0.2, 0.25) is 0 Å². The summed E-state index contributed by atoms with van der Waals surface area (Å²) in [6.07, 6.45) is 0. The van der Waals surface area contributed by atoms with Crippen molar-refractivity contribution in [2.45, 2.75) is 19.9 Å².